The second kappa shape index (κ2) is 6.14. The highest BCUT2D eigenvalue weighted by atomic mass is 15.1. The summed E-state index contributed by atoms with van der Waals surface area (Å²) in [6.07, 6.45) is 0.899. The van der Waals surface area contributed by atoms with Gasteiger partial charge in [-0.1, -0.05) is 44.2 Å². The van der Waals surface area contributed by atoms with Crippen molar-refractivity contribution in [2.24, 2.45) is 0 Å². The van der Waals surface area contributed by atoms with Gasteiger partial charge in [0.25, 0.3) is 0 Å². The summed E-state index contributed by atoms with van der Waals surface area (Å²) < 4.78 is 0. The number of hydrogen-bond donors (Lipinski definition) is 1. The summed E-state index contributed by atoms with van der Waals surface area (Å²) in [7, 11) is 0. The van der Waals surface area contributed by atoms with E-state index < -0.39 is 0 Å². The maximum absolute atomic E-state index is 4.14. The molecule has 0 atom stereocenters. The van der Waals surface area contributed by atoms with Crippen molar-refractivity contribution in [1.82, 2.24) is 15.2 Å². The van der Waals surface area contributed by atoms with Gasteiger partial charge in [0.2, 0.25) is 0 Å². The summed E-state index contributed by atoms with van der Waals surface area (Å²) >= 11 is 0. The van der Waals surface area contributed by atoms with Gasteiger partial charge in [-0.05, 0) is 24.6 Å². The van der Waals surface area contributed by atoms with Crippen LogP contribution in [0.15, 0.2) is 42.5 Å². The van der Waals surface area contributed by atoms with Gasteiger partial charge in [-0.3, -0.25) is 0 Å². The predicted octanol–water partition coefficient (Wildman–Crippen LogP) is 4.13. The Morgan fingerprint density at radius 1 is 1.05 bits per heavy atom. The minimum Gasteiger partial charge on any atom is -0.341 e. The molecule has 2 heterocycles. The number of fused-ring (bicyclic) bond motifs is 1. The smallest absolute Gasteiger partial charge is 0.160 e. The van der Waals surface area contributed by atoms with E-state index in [-0.39, 0.29) is 1.43 Å². The number of nitrogens with one attached hydrogen (secondary N) is 1. The summed E-state index contributed by atoms with van der Waals surface area (Å²) in [6, 6.07) is 14.6. The van der Waals surface area contributed by atoms with Crippen LogP contribution >= 0.6 is 0 Å². The van der Waals surface area contributed by atoms with Crippen LogP contribution < -0.4 is 0 Å². The average molecular weight is 255 g/mol. The lowest BCUT2D eigenvalue weighted by Gasteiger charge is -1.97. The molecule has 100 valence electrons. The van der Waals surface area contributed by atoms with Gasteiger partial charge in [-0.2, -0.15) is 5.10 Å². The Labute approximate surface area is 115 Å². The second-order valence-corrected chi connectivity index (χ2v) is 4.25. The maximum Gasteiger partial charge on any atom is 0.160 e. The standard InChI is InChI=1S/C14H13N3.C2H6.H2/c1-10-7-12-9-13(15-14(12)17-16-10)8-11-5-3-2-4-6-11;1-2;/h2-7,9H,8H2,1H3,(H,15,17);1-2H3;1H. The van der Waals surface area contributed by atoms with Gasteiger partial charge in [0.1, 0.15) is 0 Å². The third-order valence-corrected chi connectivity index (χ3v) is 2.79. The van der Waals surface area contributed by atoms with Gasteiger partial charge in [0.05, 0.1) is 5.69 Å². The number of nitrogens with zero attached hydrogens (tertiary/aromatic N) is 2. The number of benzene rings is 1. The molecule has 0 radical (unpaired) electrons. The molecule has 0 bridgehead atoms. The monoisotopic (exact) mass is 255 g/mol. The second-order valence-electron chi connectivity index (χ2n) is 4.25. The molecule has 3 nitrogen and oxygen atoms in total. The van der Waals surface area contributed by atoms with Crippen LogP contribution in [0.4, 0.5) is 0 Å². The highest BCUT2D eigenvalue weighted by Crippen LogP contribution is 2.15. The van der Waals surface area contributed by atoms with Crippen LogP contribution in [0.3, 0.4) is 0 Å². The molecule has 2 aromatic heterocycles. The number of aromatic amines is 1. The van der Waals surface area contributed by atoms with E-state index in [0.29, 0.717) is 0 Å². The normalized spacial score (nSPS) is 10.1. The SMILES string of the molecule is CC.Cc1cc2cc(Cc3ccccc3)[nH]c2nn1.[HH]. The van der Waals surface area contributed by atoms with Crippen LogP contribution in [0.1, 0.15) is 32.2 Å². The van der Waals surface area contributed by atoms with Crippen molar-refractivity contribution in [3.05, 3.63) is 59.4 Å². The van der Waals surface area contributed by atoms with Crippen LogP contribution in [0.25, 0.3) is 11.0 Å². The fourth-order valence-corrected chi connectivity index (χ4v) is 2.00. The zero-order chi connectivity index (χ0) is 13.7. The van der Waals surface area contributed by atoms with Gasteiger partial charge in [-0.15, -0.1) is 5.10 Å². The van der Waals surface area contributed by atoms with E-state index in [4.69, 9.17) is 0 Å². The Bertz CT molecular complexity index is 647. The molecule has 0 amide bonds. The van der Waals surface area contributed by atoms with Crippen molar-refractivity contribution >= 4 is 11.0 Å². The van der Waals surface area contributed by atoms with Crippen molar-refractivity contribution in [2.75, 3.05) is 0 Å². The molecule has 3 aromatic rings. The van der Waals surface area contributed by atoms with Crippen LogP contribution in [0.2, 0.25) is 0 Å². The minimum absolute atomic E-state index is 0. The molecular weight excluding hydrogens is 234 g/mol. The zero-order valence-corrected chi connectivity index (χ0v) is 11.6. The summed E-state index contributed by atoms with van der Waals surface area (Å²) in [5, 5.41) is 9.31. The van der Waals surface area contributed by atoms with Crippen LogP contribution in [-0.2, 0) is 6.42 Å². The first-order valence-corrected chi connectivity index (χ1v) is 6.67. The molecule has 3 heteroatoms. The summed E-state index contributed by atoms with van der Waals surface area (Å²) in [6.45, 7) is 5.95. The molecule has 0 spiro atoms. The highest BCUT2D eigenvalue weighted by molar-refractivity contribution is 5.76. The molecule has 1 N–H and O–H groups in total. The number of rotatable bonds is 2. The Kier molecular flexibility index (Phi) is 4.29. The highest BCUT2D eigenvalue weighted by Gasteiger charge is 2.03. The first-order valence-electron chi connectivity index (χ1n) is 6.67. The molecular formula is C16H21N3. The number of aryl methyl sites for hydroxylation is 1. The summed E-state index contributed by atoms with van der Waals surface area (Å²) in [4.78, 5) is 3.30. The van der Waals surface area contributed by atoms with Crippen molar-refractivity contribution in [2.45, 2.75) is 27.2 Å². The molecule has 0 saturated carbocycles. The van der Waals surface area contributed by atoms with E-state index in [1.54, 1.807) is 0 Å². The Morgan fingerprint density at radius 3 is 2.53 bits per heavy atom. The van der Waals surface area contributed by atoms with Crippen molar-refractivity contribution in [3.8, 4) is 0 Å². The van der Waals surface area contributed by atoms with Gasteiger partial charge < -0.3 is 4.98 Å². The Hall–Kier alpha value is -2.16. The average Bonchev–Trinajstić information content (AvgIpc) is 2.83. The lowest BCUT2D eigenvalue weighted by atomic mass is 10.1. The van der Waals surface area contributed by atoms with E-state index in [9.17, 15) is 0 Å². The van der Waals surface area contributed by atoms with E-state index in [1.807, 2.05) is 32.9 Å². The quantitative estimate of drug-likeness (QED) is 0.748. The van der Waals surface area contributed by atoms with E-state index in [2.05, 4.69) is 45.5 Å². The number of H-pyrrole nitrogens is 1. The van der Waals surface area contributed by atoms with Crippen LogP contribution in [-0.4, -0.2) is 15.2 Å². The number of aromatic nitrogens is 3. The molecule has 3 rings (SSSR count). The lowest BCUT2D eigenvalue weighted by molar-refractivity contribution is 0.998. The van der Waals surface area contributed by atoms with Crippen LogP contribution in [0, 0.1) is 6.92 Å². The van der Waals surface area contributed by atoms with E-state index >= 15 is 0 Å². The third-order valence-electron chi connectivity index (χ3n) is 2.79. The first kappa shape index (κ1) is 13.3. The maximum atomic E-state index is 4.14. The topological polar surface area (TPSA) is 41.6 Å². The molecule has 0 aliphatic heterocycles. The van der Waals surface area contributed by atoms with Crippen molar-refractivity contribution in [1.29, 1.82) is 0 Å². The molecule has 19 heavy (non-hydrogen) atoms. The molecule has 0 fully saturated rings. The van der Waals surface area contributed by atoms with Gasteiger partial charge in [-0.25, -0.2) is 0 Å². The molecule has 0 aliphatic rings. The fraction of sp³-hybridized carbons (Fsp3) is 0.250. The molecule has 0 aliphatic carbocycles. The molecule has 1 aromatic carbocycles. The predicted molar refractivity (Wildman–Crippen MR) is 81.3 cm³/mol. The fourth-order valence-electron chi connectivity index (χ4n) is 2.00. The van der Waals surface area contributed by atoms with Crippen molar-refractivity contribution < 1.29 is 1.43 Å². The van der Waals surface area contributed by atoms with E-state index in [1.165, 1.54) is 11.3 Å². The Morgan fingerprint density at radius 2 is 1.79 bits per heavy atom. The van der Waals surface area contributed by atoms with E-state index in [0.717, 1.165) is 23.1 Å². The lowest BCUT2D eigenvalue weighted by Crippen LogP contribution is -1.88. The summed E-state index contributed by atoms with van der Waals surface area (Å²) in [5.74, 6) is 0. The Balaban J connectivity index is 0.000000639. The van der Waals surface area contributed by atoms with Gasteiger partial charge >= 0.3 is 0 Å². The van der Waals surface area contributed by atoms with Gasteiger partial charge in [0, 0.05) is 18.9 Å². The van der Waals surface area contributed by atoms with Crippen molar-refractivity contribution in [3.63, 3.8) is 0 Å². The summed E-state index contributed by atoms with van der Waals surface area (Å²) in [5.41, 5.74) is 4.28. The largest absolute Gasteiger partial charge is 0.341 e. The third kappa shape index (κ3) is 3.19. The first-order chi connectivity index (χ1) is 9.31. The number of hydrogen-bond acceptors (Lipinski definition) is 2. The minimum atomic E-state index is 0. The zero-order valence-electron chi connectivity index (χ0n) is 11.6. The molecule has 0 saturated heterocycles. The van der Waals surface area contributed by atoms with Gasteiger partial charge in [0.15, 0.2) is 5.65 Å². The molecule has 0 unspecified atom stereocenters. The van der Waals surface area contributed by atoms with Crippen LogP contribution in [0.5, 0.6) is 0 Å².